The van der Waals surface area contributed by atoms with Gasteiger partial charge in [-0.15, -0.1) is 0 Å². The zero-order valence-corrected chi connectivity index (χ0v) is 18.4. The maximum atomic E-state index is 12.4. The van der Waals surface area contributed by atoms with E-state index in [1.165, 1.54) is 7.11 Å². The van der Waals surface area contributed by atoms with E-state index in [1.807, 2.05) is 12.1 Å². The lowest BCUT2D eigenvalue weighted by Crippen LogP contribution is -2.15. The number of nitrogens with zero attached hydrogens (tertiary/aromatic N) is 2. The van der Waals surface area contributed by atoms with E-state index in [4.69, 9.17) is 21.1 Å². The SMILES string of the molecule is CCOC(=O)Cc1ccc(Cc2nc(-c3ccccc3Cl)nc(C=O)c2C(=O)OC)cc1. The van der Waals surface area contributed by atoms with Crippen LogP contribution >= 0.6 is 11.6 Å². The highest BCUT2D eigenvalue weighted by Crippen LogP contribution is 2.27. The first kappa shape index (κ1) is 23.1. The number of benzene rings is 2. The maximum absolute atomic E-state index is 12.4. The Morgan fingerprint density at radius 3 is 2.34 bits per heavy atom. The summed E-state index contributed by atoms with van der Waals surface area (Å²) in [5.74, 6) is -0.768. The molecule has 0 aliphatic rings. The lowest BCUT2D eigenvalue weighted by molar-refractivity contribution is -0.142. The van der Waals surface area contributed by atoms with Crippen molar-refractivity contribution in [2.75, 3.05) is 13.7 Å². The van der Waals surface area contributed by atoms with Crippen LogP contribution in [0, 0.1) is 0 Å². The molecule has 0 bridgehead atoms. The normalized spacial score (nSPS) is 10.5. The Morgan fingerprint density at radius 2 is 1.72 bits per heavy atom. The first-order valence-corrected chi connectivity index (χ1v) is 10.3. The molecule has 7 nitrogen and oxygen atoms in total. The van der Waals surface area contributed by atoms with Crippen LogP contribution < -0.4 is 0 Å². The van der Waals surface area contributed by atoms with E-state index in [0.29, 0.717) is 29.2 Å². The summed E-state index contributed by atoms with van der Waals surface area (Å²) in [6.45, 7) is 2.08. The van der Waals surface area contributed by atoms with Gasteiger partial charge in [0.25, 0.3) is 0 Å². The van der Waals surface area contributed by atoms with E-state index in [2.05, 4.69) is 9.97 Å². The minimum absolute atomic E-state index is 0.00824. The van der Waals surface area contributed by atoms with Crippen LogP contribution in [0.5, 0.6) is 0 Å². The summed E-state index contributed by atoms with van der Waals surface area (Å²) in [6, 6.07) is 14.2. The van der Waals surface area contributed by atoms with E-state index in [1.54, 1.807) is 43.3 Å². The maximum Gasteiger partial charge on any atom is 0.342 e. The average molecular weight is 453 g/mol. The predicted octanol–water partition coefficient (Wildman–Crippen LogP) is 4.09. The summed E-state index contributed by atoms with van der Waals surface area (Å²) < 4.78 is 9.82. The van der Waals surface area contributed by atoms with Gasteiger partial charge in [-0.3, -0.25) is 9.59 Å². The molecule has 0 aliphatic carbocycles. The summed E-state index contributed by atoms with van der Waals surface area (Å²) in [6.07, 6.45) is 0.909. The topological polar surface area (TPSA) is 95.5 Å². The van der Waals surface area contributed by atoms with Gasteiger partial charge in [0.05, 0.1) is 30.9 Å². The third kappa shape index (κ3) is 5.36. The number of carbonyl (C=O) groups is 3. The molecule has 0 saturated carbocycles. The van der Waals surface area contributed by atoms with Crippen molar-refractivity contribution in [3.05, 3.63) is 81.6 Å². The highest BCUT2D eigenvalue weighted by molar-refractivity contribution is 6.33. The number of methoxy groups -OCH3 is 1. The summed E-state index contributed by atoms with van der Waals surface area (Å²) in [4.78, 5) is 44.6. The fraction of sp³-hybridized carbons (Fsp3) is 0.208. The average Bonchev–Trinajstić information content (AvgIpc) is 2.79. The second-order valence-electron chi connectivity index (χ2n) is 6.82. The van der Waals surface area contributed by atoms with Gasteiger partial charge in [0.2, 0.25) is 0 Å². The van der Waals surface area contributed by atoms with Crippen LogP contribution in [0.15, 0.2) is 48.5 Å². The first-order valence-electron chi connectivity index (χ1n) is 9.89. The van der Waals surface area contributed by atoms with Crippen molar-refractivity contribution in [3.63, 3.8) is 0 Å². The monoisotopic (exact) mass is 452 g/mol. The minimum atomic E-state index is -0.702. The second-order valence-corrected chi connectivity index (χ2v) is 7.23. The number of rotatable bonds is 8. The van der Waals surface area contributed by atoms with Gasteiger partial charge in [-0.25, -0.2) is 14.8 Å². The smallest absolute Gasteiger partial charge is 0.342 e. The number of carbonyl (C=O) groups excluding carboxylic acids is 3. The van der Waals surface area contributed by atoms with Crippen LogP contribution in [0.25, 0.3) is 11.4 Å². The molecule has 1 heterocycles. The Kier molecular flexibility index (Phi) is 7.68. The Labute approximate surface area is 190 Å². The van der Waals surface area contributed by atoms with Gasteiger partial charge in [-0.1, -0.05) is 48.0 Å². The molecule has 8 heteroatoms. The third-order valence-electron chi connectivity index (χ3n) is 4.68. The lowest BCUT2D eigenvalue weighted by Gasteiger charge is -2.12. The molecule has 0 unspecified atom stereocenters. The molecule has 164 valence electrons. The van der Waals surface area contributed by atoms with E-state index in [9.17, 15) is 14.4 Å². The van der Waals surface area contributed by atoms with Gasteiger partial charge in [0.15, 0.2) is 12.1 Å². The van der Waals surface area contributed by atoms with E-state index in [-0.39, 0.29) is 35.9 Å². The molecule has 1 aromatic heterocycles. The molecule has 0 spiro atoms. The van der Waals surface area contributed by atoms with E-state index < -0.39 is 5.97 Å². The molecule has 0 aliphatic heterocycles. The fourth-order valence-electron chi connectivity index (χ4n) is 3.17. The number of aromatic nitrogens is 2. The number of halogens is 1. The summed E-state index contributed by atoms with van der Waals surface area (Å²) in [5, 5.41) is 0.421. The largest absolute Gasteiger partial charge is 0.466 e. The quantitative estimate of drug-likeness (QED) is 0.375. The number of hydrogen-bond acceptors (Lipinski definition) is 7. The van der Waals surface area contributed by atoms with Crippen LogP contribution in [-0.2, 0) is 27.1 Å². The van der Waals surface area contributed by atoms with Crippen molar-refractivity contribution in [2.24, 2.45) is 0 Å². The zero-order valence-electron chi connectivity index (χ0n) is 17.6. The fourth-order valence-corrected chi connectivity index (χ4v) is 3.39. The van der Waals surface area contributed by atoms with Gasteiger partial charge in [-0.2, -0.15) is 0 Å². The van der Waals surface area contributed by atoms with Crippen molar-refractivity contribution in [2.45, 2.75) is 19.8 Å². The van der Waals surface area contributed by atoms with Crippen molar-refractivity contribution >= 4 is 29.8 Å². The summed E-state index contributed by atoms with van der Waals surface area (Å²) in [5.41, 5.74) is 2.43. The van der Waals surface area contributed by atoms with Gasteiger partial charge in [0, 0.05) is 12.0 Å². The highest BCUT2D eigenvalue weighted by atomic mass is 35.5. The molecule has 2 aromatic carbocycles. The highest BCUT2D eigenvalue weighted by Gasteiger charge is 2.23. The summed E-state index contributed by atoms with van der Waals surface area (Å²) in [7, 11) is 1.23. The van der Waals surface area contributed by atoms with E-state index >= 15 is 0 Å². The third-order valence-corrected chi connectivity index (χ3v) is 5.01. The molecule has 3 aromatic rings. The molecule has 0 amide bonds. The molecule has 0 radical (unpaired) electrons. The Balaban J connectivity index is 2.01. The molecule has 0 atom stereocenters. The predicted molar refractivity (Wildman–Crippen MR) is 119 cm³/mol. The molecule has 32 heavy (non-hydrogen) atoms. The molecule has 0 saturated heterocycles. The molecule has 0 fully saturated rings. The van der Waals surface area contributed by atoms with Crippen LogP contribution in [0.4, 0.5) is 0 Å². The molecule has 3 rings (SSSR count). The minimum Gasteiger partial charge on any atom is -0.466 e. The molecule has 0 N–H and O–H groups in total. The van der Waals surface area contributed by atoms with Gasteiger partial charge < -0.3 is 9.47 Å². The van der Waals surface area contributed by atoms with Crippen LogP contribution in [0.3, 0.4) is 0 Å². The number of ether oxygens (including phenoxy) is 2. The Hall–Kier alpha value is -3.58. The van der Waals surface area contributed by atoms with Crippen LogP contribution in [0.1, 0.15) is 44.6 Å². The Bertz CT molecular complexity index is 1150. The number of esters is 2. The first-order chi connectivity index (χ1) is 15.5. The lowest BCUT2D eigenvalue weighted by atomic mass is 10.0. The van der Waals surface area contributed by atoms with Gasteiger partial charge in [0.1, 0.15) is 11.3 Å². The zero-order chi connectivity index (χ0) is 23.1. The number of hydrogen-bond donors (Lipinski definition) is 0. The number of aldehydes is 1. The van der Waals surface area contributed by atoms with Crippen molar-refractivity contribution in [3.8, 4) is 11.4 Å². The van der Waals surface area contributed by atoms with Crippen molar-refractivity contribution in [1.82, 2.24) is 9.97 Å². The summed E-state index contributed by atoms with van der Waals surface area (Å²) >= 11 is 6.28. The second kappa shape index (κ2) is 10.6. The van der Waals surface area contributed by atoms with Crippen molar-refractivity contribution in [1.29, 1.82) is 0 Å². The Morgan fingerprint density at radius 1 is 1.03 bits per heavy atom. The van der Waals surface area contributed by atoms with Crippen molar-refractivity contribution < 1.29 is 23.9 Å². The van der Waals surface area contributed by atoms with Crippen LogP contribution in [-0.4, -0.2) is 41.9 Å². The molecular weight excluding hydrogens is 432 g/mol. The van der Waals surface area contributed by atoms with Gasteiger partial charge >= 0.3 is 11.9 Å². The van der Waals surface area contributed by atoms with Gasteiger partial charge in [-0.05, 0) is 30.2 Å². The van der Waals surface area contributed by atoms with E-state index in [0.717, 1.165) is 11.1 Å². The standard InChI is InChI=1S/C24H21ClN2O5/c1-3-32-21(29)13-16-10-8-15(9-11-16)12-19-22(24(30)31-2)20(14-28)27-23(26-19)17-6-4-5-7-18(17)25/h4-11,14H,3,12-13H2,1-2H3. The molecular formula is C24H21ClN2O5. The van der Waals surface area contributed by atoms with Crippen LogP contribution in [0.2, 0.25) is 5.02 Å².